The third-order valence-electron chi connectivity index (χ3n) is 3.40. The lowest BCUT2D eigenvalue weighted by atomic mass is 9.88. The van der Waals surface area contributed by atoms with Crippen LogP contribution in [0.15, 0.2) is 12.2 Å². The molecule has 1 fully saturated rings. The molecular formula is C15H27NO3. The van der Waals surface area contributed by atoms with Gasteiger partial charge in [0.15, 0.2) is 0 Å². The van der Waals surface area contributed by atoms with Crippen LogP contribution in [0, 0.1) is 5.92 Å². The number of piperidine rings is 1. The zero-order chi connectivity index (χ0) is 14.6. The van der Waals surface area contributed by atoms with Gasteiger partial charge in [0.1, 0.15) is 5.60 Å². The first-order chi connectivity index (χ1) is 8.73. The maximum absolute atomic E-state index is 12.0. The SMILES string of the molecule is C=C(CC)CC1CN(C(=O)OC(C)(C)C)CCC1O. The van der Waals surface area contributed by atoms with Gasteiger partial charge in [0, 0.05) is 19.0 Å². The lowest BCUT2D eigenvalue weighted by Crippen LogP contribution is -2.47. The third-order valence-corrected chi connectivity index (χ3v) is 3.40. The van der Waals surface area contributed by atoms with Gasteiger partial charge in [-0.3, -0.25) is 0 Å². The highest BCUT2D eigenvalue weighted by atomic mass is 16.6. The average molecular weight is 269 g/mol. The number of aliphatic hydroxyl groups is 1. The Balaban J connectivity index is 2.58. The molecule has 1 N–H and O–H groups in total. The first kappa shape index (κ1) is 16.0. The van der Waals surface area contributed by atoms with Gasteiger partial charge in [-0.1, -0.05) is 19.1 Å². The molecule has 1 aliphatic rings. The normalized spacial score (nSPS) is 24.2. The summed E-state index contributed by atoms with van der Waals surface area (Å²) in [7, 11) is 0. The van der Waals surface area contributed by atoms with Gasteiger partial charge in [-0.2, -0.15) is 0 Å². The molecule has 19 heavy (non-hydrogen) atoms. The molecule has 1 amide bonds. The smallest absolute Gasteiger partial charge is 0.410 e. The lowest BCUT2D eigenvalue weighted by molar-refractivity contribution is -0.00830. The monoisotopic (exact) mass is 269 g/mol. The second kappa shape index (κ2) is 6.42. The Kier molecular flexibility index (Phi) is 5.41. The van der Waals surface area contributed by atoms with Crippen molar-refractivity contribution in [3.63, 3.8) is 0 Å². The summed E-state index contributed by atoms with van der Waals surface area (Å²) in [5, 5.41) is 10.0. The summed E-state index contributed by atoms with van der Waals surface area (Å²) in [4.78, 5) is 13.7. The first-order valence-electron chi connectivity index (χ1n) is 7.05. The van der Waals surface area contributed by atoms with Gasteiger partial charge in [0.05, 0.1) is 6.10 Å². The maximum atomic E-state index is 12.0. The highest BCUT2D eigenvalue weighted by Gasteiger charge is 2.32. The van der Waals surface area contributed by atoms with E-state index in [1.54, 1.807) is 4.90 Å². The summed E-state index contributed by atoms with van der Waals surface area (Å²) in [6.45, 7) is 12.7. The van der Waals surface area contributed by atoms with E-state index >= 15 is 0 Å². The zero-order valence-electron chi connectivity index (χ0n) is 12.6. The van der Waals surface area contributed by atoms with E-state index in [0.717, 1.165) is 18.4 Å². The molecule has 1 rings (SSSR count). The summed E-state index contributed by atoms with van der Waals surface area (Å²) in [6, 6.07) is 0. The molecule has 4 nitrogen and oxygen atoms in total. The summed E-state index contributed by atoms with van der Waals surface area (Å²) < 4.78 is 5.37. The van der Waals surface area contributed by atoms with Crippen LogP contribution in [0.4, 0.5) is 4.79 Å². The van der Waals surface area contributed by atoms with Gasteiger partial charge in [-0.25, -0.2) is 4.79 Å². The predicted octanol–water partition coefficient (Wildman–Crippen LogP) is 2.96. The molecule has 1 aliphatic heterocycles. The van der Waals surface area contributed by atoms with E-state index in [9.17, 15) is 9.90 Å². The largest absolute Gasteiger partial charge is 0.444 e. The van der Waals surface area contributed by atoms with Gasteiger partial charge in [-0.05, 0) is 40.0 Å². The number of hydrogen-bond donors (Lipinski definition) is 1. The minimum absolute atomic E-state index is 0.0775. The van der Waals surface area contributed by atoms with Crippen molar-refractivity contribution in [2.45, 2.75) is 58.7 Å². The van der Waals surface area contributed by atoms with Gasteiger partial charge in [0.25, 0.3) is 0 Å². The van der Waals surface area contributed by atoms with Crippen molar-refractivity contribution in [2.24, 2.45) is 5.92 Å². The Labute approximate surface area is 116 Å². The number of hydrogen-bond acceptors (Lipinski definition) is 3. The predicted molar refractivity (Wildman–Crippen MR) is 76.0 cm³/mol. The van der Waals surface area contributed by atoms with Crippen LogP contribution in [-0.2, 0) is 4.74 Å². The zero-order valence-corrected chi connectivity index (χ0v) is 12.6. The van der Waals surface area contributed by atoms with Crippen LogP contribution in [-0.4, -0.2) is 40.9 Å². The van der Waals surface area contributed by atoms with E-state index in [2.05, 4.69) is 13.5 Å². The number of allylic oxidation sites excluding steroid dienone is 1. The standard InChI is InChI=1S/C15H27NO3/c1-6-11(2)9-12-10-16(8-7-13(12)17)14(18)19-15(3,4)5/h12-13,17H,2,6-10H2,1,3-5H3. The van der Waals surface area contributed by atoms with Crippen molar-refractivity contribution in [3.8, 4) is 0 Å². The second-order valence-corrected chi connectivity index (χ2v) is 6.35. The molecule has 0 aromatic carbocycles. The van der Waals surface area contributed by atoms with Gasteiger partial charge < -0.3 is 14.7 Å². The van der Waals surface area contributed by atoms with Crippen molar-refractivity contribution in [2.75, 3.05) is 13.1 Å². The molecule has 4 heteroatoms. The highest BCUT2D eigenvalue weighted by molar-refractivity contribution is 5.68. The topological polar surface area (TPSA) is 49.8 Å². The molecule has 0 aliphatic carbocycles. The summed E-state index contributed by atoms with van der Waals surface area (Å²) in [5.41, 5.74) is 0.644. The van der Waals surface area contributed by atoms with E-state index in [-0.39, 0.29) is 18.1 Å². The van der Waals surface area contributed by atoms with Gasteiger partial charge in [-0.15, -0.1) is 0 Å². The number of carbonyl (C=O) groups is 1. The summed E-state index contributed by atoms with van der Waals surface area (Å²) >= 11 is 0. The number of likely N-dealkylation sites (tertiary alicyclic amines) is 1. The number of ether oxygens (including phenoxy) is 1. The molecule has 0 radical (unpaired) electrons. The number of rotatable bonds is 3. The van der Waals surface area contributed by atoms with Crippen LogP contribution >= 0.6 is 0 Å². The van der Waals surface area contributed by atoms with Gasteiger partial charge in [0.2, 0.25) is 0 Å². The number of carbonyl (C=O) groups excluding carboxylic acids is 1. The van der Waals surface area contributed by atoms with Crippen molar-refractivity contribution >= 4 is 6.09 Å². The molecule has 110 valence electrons. The van der Waals surface area contributed by atoms with E-state index in [0.29, 0.717) is 19.5 Å². The minimum Gasteiger partial charge on any atom is -0.444 e. The molecule has 0 bridgehead atoms. The number of nitrogens with zero attached hydrogens (tertiary/aromatic N) is 1. The third kappa shape index (κ3) is 5.23. The Morgan fingerprint density at radius 2 is 2.11 bits per heavy atom. The maximum Gasteiger partial charge on any atom is 0.410 e. The molecule has 0 aromatic heterocycles. The van der Waals surface area contributed by atoms with Crippen LogP contribution in [0.3, 0.4) is 0 Å². The van der Waals surface area contributed by atoms with Crippen molar-refractivity contribution < 1.29 is 14.6 Å². The van der Waals surface area contributed by atoms with Gasteiger partial charge >= 0.3 is 6.09 Å². The molecule has 1 saturated heterocycles. The molecule has 0 aromatic rings. The Morgan fingerprint density at radius 1 is 1.47 bits per heavy atom. The van der Waals surface area contributed by atoms with Crippen molar-refractivity contribution in [1.29, 1.82) is 0 Å². The molecule has 2 unspecified atom stereocenters. The fourth-order valence-corrected chi connectivity index (χ4v) is 2.23. The van der Waals surface area contributed by atoms with Crippen LogP contribution in [0.25, 0.3) is 0 Å². The first-order valence-corrected chi connectivity index (χ1v) is 7.05. The van der Waals surface area contributed by atoms with Crippen molar-refractivity contribution in [3.05, 3.63) is 12.2 Å². The highest BCUT2D eigenvalue weighted by Crippen LogP contribution is 2.25. The number of aliphatic hydroxyl groups excluding tert-OH is 1. The quantitative estimate of drug-likeness (QED) is 0.801. The minimum atomic E-state index is -0.477. The fraction of sp³-hybridized carbons (Fsp3) is 0.800. The molecule has 0 saturated carbocycles. The Morgan fingerprint density at radius 3 is 2.63 bits per heavy atom. The molecule has 2 atom stereocenters. The van der Waals surface area contributed by atoms with Crippen LogP contribution < -0.4 is 0 Å². The van der Waals surface area contributed by atoms with E-state index in [4.69, 9.17) is 4.74 Å². The van der Waals surface area contributed by atoms with Crippen molar-refractivity contribution in [1.82, 2.24) is 4.90 Å². The van der Waals surface area contributed by atoms with E-state index < -0.39 is 5.60 Å². The fourth-order valence-electron chi connectivity index (χ4n) is 2.23. The summed E-state index contributed by atoms with van der Waals surface area (Å²) in [5.74, 6) is 0.0775. The lowest BCUT2D eigenvalue weighted by Gasteiger charge is -2.37. The molecule has 0 spiro atoms. The molecule has 1 heterocycles. The van der Waals surface area contributed by atoms with E-state index in [1.165, 1.54) is 0 Å². The molecular weight excluding hydrogens is 242 g/mol. The van der Waals surface area contributed by atoms with Crippen LogP contribution in [0.1, 0.15) is 47.0 Å². The Bertz CT molecular complexity index is 333. The average Bonchev–Trinajstić information content (AvgIpc) is 2.29. The van der Waals surface area contributed by atoms with Crippen LogP contribution in [0.5, 0.6) is 0 Å². The van der Waals surface area contributed by atoms with Crippen LogP contribution in [0.2, 0.25) is 0 Å². The Hall–Kier alpha value is -1.03. The van der Waals surface area contributed by atoms with E-state index in [1.807, 2.05) is 20.8 Å². The second-order valence-electron chi connectivity index (χ2n) is 6.35. The number of amides is 1. The summed E-state index contributed by atoms with van der Waals surface area (Å²) in [6.07, 6.45) is 1.67.